The van der Waals surface area contributed by atoms with Crippen molar-refractivity contribution in [2.24, 2.45) is 16.8 Å². The van der Waals surface area contributed by atoms with Gasteiger partial charge in [0, 0.05) is 49.8 Å². The number of hydrogen-bond donors (Lipinski definition) is 3. The molecular weight excluding hydrogens is 483 g/mol. The normalized spacial score (nSPS) is 21.4. The van der Waals surface area contributed by atoms with Gasteiger partial charge in [-0.1, -0.05) is 26.7 Å². The van der Waals surface area contributed by atoms with E-state index in [0.29, 0.717) is 11.8 Å². The molecule has 1 saturated heterocycles. The van der Waals surface area contributed by atoms with Crippen LogP contribution in [0.2, 0.25) is 0 Å². The third-order valence-electron chi connectivity index (χ3n) is 5.99. The Morgan fingerprint density at radius 2 is 1.86 bits per heavy atom. The van der Waals surface area contributed by atoms with Crippen molar-refractivity contribution in [3.05, 3.63) is 0 Å². The minimum absolute atomic E-state index is 0. The first-order valence-electron chi connectivity index (χ1n) is 11.1. The zero-order valence-corrected chi connectivity index (χ0v) is 21.4. The quantitative estimate of drug-likeness (QED) is 0.231. The van der Waals surface area contributed by atoms with E-state index < -0.39 is 0 Å². The van der Waals surface area contributed by atoms with Crippen LogP contribution in [0.1, 0.15) is 59.3 Å². The van der Waals surface area contributed by atoms with E-state index in [9.17, 15) is 5.11 Å². The number of nitrogens with one attached hydrogen (secondary N) is 2. The molecule has 2 rings (SSSR count). The molecule has 0 amide bonds. The summed E-state index contributed by atoms with van der Waals surface area (Å²) in [6, 6.07) is 0. The van der Waals surface area contributed by atoms with Crippen molar-refractivity contribution in [3.63, 3.8) is 0 Å². The largest absolute Gasteiger partial charge is 0.396 e. The van der Waals surface area contributed by atoms with Gasteiger partial charge in [-0.2, -0.15) is 11.8 Å². The average molecular weight is 527 g/mol. The van der Waals surface area contributed by atoms with Gasteiger partial charge in [-0.05, 0) is 44.4 Å². The molecule has 166 valence electrons. The van der Waals surface area contributed by atoms with E-state index in [1.165, 1.54) is 50.3 Å². The number of nitrogens with zero attached hydrogens (tertiary/aromatic N) is 2. The molecule has 2 fully saturated rings. The van der Waals surface area contributed by atoms with Crippen LogP contribution >= 0.6 is 35.7 Å². The smallest absolute Gasteiger partial charge is 0.191 e. The Balaban J connectivity index is 0.00000392. The van der Waals surface area contributed by atoms with Crippen LogP contribution in [0.5, 0.6) is 0 Å². The Bertz CT molecular complexity index is 438. The summed E-state index contributed by atoms with van der Waals surface area (Å²) in [7, 11) is 0. The molecule has 0 radical (unpaired) electrons. The topological polar surface area (TPSA) is 59.9 Å². The van der Waals surface area contributed by atoms with Crippen LogP contribution in [0.15, 0.2) is 4.99 Å². The van der Waals surface area contributed by atoms with Gasteiger partial charge in [0.1, 0.15) is 0 Å². The Morgan fingerprint density at radius 3 is 2.43 bits per heavy atom. The molecule has 3 N–H and O–H groups in total. The first kappa shape index (κ1) is 26.3. The van der Waals surface area contributed by atoms with E-state index in [1.54, 1.807) is 0 Å². The van der Waals surface area contributed by atoms with Crippen LogP contribution in [0, 0.1) is 11.8 Å². The first-order chi connectivity index (χ1) is 13.1. The molecule has 1 atom stereocenters. The van der Waals surface area contributed by atoms with Gasteiger partial charge in [0.15, 0.2) is 5.96 Å². The molecule has 5 nitrogen and oxygen atoms in total. The number of guanidine groups is 1. The summed E-state index contributed by atoms with van der Waals surface area (Å²) in [5.41, 5.74) is 0.283. The lowest BCUT2D eigenvalue weighted by Crippen LogP contribution is -2.53. The highest BCUT2D eigenvalue weighted by molar-refractivity contribution is 14.0. The van der Waals surface area contributed by atoms with E-state index in [2.05, 4.69) is 48.1 Å². The molecule has 7 heteroatoms. The van der Waals surface area contributed by atoms with Crippen LogP contribution in [0.3, 0.4) is 0 Å². The lowest BCUT2D eigenvalue weighted by atomic mass is 9.94. The average Bonchev–Trinajstić information content (AvgIpc) is 3.14. The van der Waals surface area contributed by atoms with Crippen molar-refractivity contribution in [1.29, 1.82) is 0 Å². The fourth-order valence-corrected chi connectivity index (χ4v) is 5.51. The molecule has 28 heavy (non-hydrogen) atoms. The lowest BCUT2D eigenvalue weighted by molar-refractivity contribution is 0.112. The summed E-state index contributed by atoms with van der Waals surface area (Å²) in [4.78, 5) is 7.77. The third kappa shape index (κ3) is 8.56. The molecule has 1 unspecified atom stereocenters. The second-order valence-corrected chi connectivity index (χ2v) is 9.84. The van der Waals surface area contributed by atoms with E-state index in [4.69, 9.17) is 4.99 Å². The summed E-state index contributed by atoms with van der Waals surface area (Å²) in [6.45, 7) is 12.0. The van der Waals surface area contributed by atoms with Gasteiger partial charge >= 0.3 is 0 Å². The van der Waals surface area contributed by atoms with Crippen LogP contribution in [0.4, 0.5) is 0 Å². The molecule has 0 bridgehead atoms. The van der Waals surface area contributed by atoms with E-state index >= 15 is 0 Å². The number of halogens is 1. The van der Waals surface area contributed by atoms with Crippen LogP contribution < -0.4 is 10.6 Å². The number of aliphatic hydroxyl groups excluding tert-OH is 1. The molecule has 0 spiro atoms. The van der Waals surface area contributed by atoms with Crippen molar-refractivity contribution in [1.82, 2.24) is 15.5 Å². The first-order valence-corrected chi connectivity index (χ1v) is 12.2. The third-order valence-corrected chi connectivity index (χ3v) is 6.93. The van der Waals surface area contributed by atoms with Gasteiger partial charge in [-0.25, -0.2) is 0 Å². The van der Waals surface area contributed by atoms with Gasteiger partial charge in [0.05, 0.1) is 6.54 Å². The fraction of sp³-hybridized carbons (Fsp3) is 0.952. The van der Waals surface area contributed by atoms with Crippen molar-refractivity contribution < 1.29 is 5.11 Å². The number of hydrogen-bond acceptors (Lipinski definition) is 4. The molecule has 0 aromatic heterocycles. The number of rotatable bonds is 10. The number of aliphatic hydroxyl groups is 1. The van der Waals surface area contributed by atoms with Gasteiger partial charge in [-0.15, -0.1) is 24.0 Å². The predicted molar refractivity (Wildman–Crippen MR) is 134 cm³/mol. The monoisotopic (exact) mass is 526 g/mol. The standard InChI is InChI=1S/C21H42N4OS.HI/c1-4-22-20(23-16-19(7-12-26)15-18(2)3)24-17-21(8-5-6-9-21)25-10-13-27-14-11-25;/h18-19,26H,4-17H2,1-3H3,(H2,22,23,24);1H. The van der Waals surface area contributed by atoms with Gasteiger partial charge in [0.25, 0.3) is 0 Å². The predicted octanol–water partition coefficient (Wildman–Crippen LogP) is 3.57. The van der Waals surface area contributed by atoms with Gasteiger partial charge in [-0.3, -0.25) is 9.89 Å². The summed E-state index contributed by atoms with van der Waals surface area (Å²) < 4.78 is 0. The van der Waals surface area contributed by atoms with Crippen LogP contribution in [-0.2, 0) is 0 Å². The highest BCUT2D eigenvalue weighted by atomic mass is 127. The Hall–Kier alpha value is 0.270. The van der Waals surface area contributed by atoms with E-state index in [1.807, 2.05) is 0 Å². The minimum Gasteiger partial charge on any atom is -0.396 e. The Labute approximate surface area is 194 Å². The molecule has 1 aliphatic carbocycles. The molecule has 1 aliphatic heterocycles. The van der Waals surface area contributed by atoms with E-state index in [-0.39, 0.29) is 36.1 Å². The summed E-state index contributed by atoms with van der Waals surface area (Å²) in [5.74, 6) is 4.63. The lowest BCUT2D eigenvalue weighted by Gasteiger charge is -2.42. The van der Waals surface area contributed by atoms with Crippen molar-refractivity contribution >= 4 is 41.7 Å². The highest BCUT2D eigenvalue weighted by Crippen LogP contribution is 2.37. The fourth-order valence-electron chi connectivity index (χ4n) is 4.61. The van der Waals surface area contributed by atoms with Crippen molar-refractivity contribution in [3.8, 4) is 0 Å². The molecule has 1 saturated carbocycles. The summed E-state index contributed by atoms with van der Waals surface area (Å²) in [5, 5.41) is 16.4. The van der Waals surface area contributed by atoms with Crippen LogP contribution in [0.25, 0.3) is 0 Å². The summed E-state index contributed by atoms with van der Waals surface area (Å²) >= 11 is 2.09. The van der Waals surface area contributed by atoms with Crippen LogP contribution in [-0.4, -0.2) is 72.3 Å². The second-order valence-electron chi connectivity index (χ2n) is 8.61. The van der Waals surface area contributed by atoms with Crippen molar-refractivity contribution in [2.45, 2.75) is 64.8 Å². The van der Waals surface area contributed by atoms with E-state index in [0.717, 1.165) is 38.4 Å². The molecule has 1 heterocycles. The maximum Gasteiger partial charge on any atom is 0.191 e. The zero-order chi connectivity index (χ0) is 19.5. The number of aliphatic imine (C=N–C) groups is 1. The minimum atomic E-state index is 0. The zero-order valence-electron chi connectivity index (χ0n) is 18.2. The Kier molecular flexibility index (Phi) is 13.4. The molecule has 0 aromatic carbocycles. The van der Waals surface area contributed by atoms with Crippen molar-refractivity contribution in [2.75, 3.05) is 50.8 Å². The van der Waals surface area contributed by atoms with Gasteiger partial charge in [0.2, 0.25) is 0 Å². The maximum absolute atomic E-state index is 9.36. The summed E-state index contributed by atoms with van der Waals surface area (Å²) in [6.07, 6.45) is 7.27. The molecule has 2 aliphatic rings. The Morgan fingerprint density at radius 1 is 1.18 bits per heavy atom. The SMILES string of the molecule is CCNC(=NCC1(N2CCSCC2)CCCC1)NCC(CCO)CC(C)C.I. The number of thioether (sulfide) groups is 1. The molecular formula is C21H43IN4OS. The maximum atomic E-state index is 9.36. The van der Waals surface area contributed by atoms with Gasteiger partial charge < -0.3 is 15.7 Å². The molecule has 0 aromatic rings. The second kappa shape index (κ2) is 14.3. The highest BCUT2D eigenvalue weighted by Gasteiger charge is 2.39.